The molecule has 0 bridgehead atoms. The summed E-state index contributed by atoms with van der Waals surface area (Å²) in [4.78, 5) is 3.06. The fraction of sp³-hybridized carbons (Fsp3) is 0.143. The molecule has 72 valence electrons. The van der Waals surface area contributed by atoms with Crippen LogP contribution in [0.3, 0.4) is 0 Å². The summed E-state index contributed by atoms with van der Waals surface area (Å²) in [7, 11) is 0.707. The Balaban J connectivity index is 2.00. The molecule has 0 aromatic heterocycles. The number of aryl methyl sites for hydroxylation is 1. The van der Waals surface area contributed by atoms with E-state index in [-0.39, 0.29) is 0 Å². The van der Waals surface area contributed by atoms with E-state index < -0.39 is 8.45 Å². The minimum atomic E-state index is -0.901. The van der Waals surface area contributed by atoms with Crippen molar-refractivity contribution in [3.05, 3.63) is 29.8 Å². The summed E-state index contributed by atoms with van der Waals surface area (Å²) in [6, 6.07) is 7.95. The van der Waals surface area contributed by atoms with Crippen LogP contribution in [0.15, 0.2) is 33.3 Å². The summed E-state index contributed by atoms with van der Waals surface area (Å²) in [5.74, 6) is 0.852. The average molecular weight is 243 g/mol. The highest BCUT2D eigenvalue weighted by Gasteiger charge is 2.10. The summed E-state index contributed by atoms with van der Waals surface area (Å²) in [5.41, 5.74) is 1.23. The Morgan fingerprint density at radius 3 is 2.79 bits per heavy atom. The molecule has 0 saturated carbocycles. The van der Waals surface area contributed by atoms with Gasteiger partial charge in [-0.2, -0.15) is 13.9 Å². The molecule has 1 atom stereocenters. The maximum absolute atomic E-state index is 5.62. The van der Waals surface area contributed by atoms with Crippen molar-refractivity contribution in [2.75, 3.05) is 0 Å². The van der Waals surface area contributed by atoms with Crippen LogP contribution in [-0.4, -0.2) is 0 Å². The Bertz CT molecular complexity index is 365. The number of rotatable bonds is 2. The molecular weight excluding hydrogens is 235 g/mol. The summed E-state index contributed by atoms with van der Waals surface area (Å²) < 4.78 is 13.8. The van der Waals surface area contributed by atoms with Crippen LogP contribution in [0.4, 0.5) is 0 Å². The van der Waals surface area contributed by atoms with Crippen molar-refractivity contribution < 1.29 is 4.52 Å². The fourth-order valence-electron chi connectivity index (χ4n) is 0.890. The Hall–Kier alpha value is -0.390. The lowest BCUT2D eigenvalue weighted by molar-refractivity contribution is 0.612. The molecular formula is C7H8N3OP3. The fourth-order valence-corrected chi connectivity index (χ4v) is 3.78. The van der Waals surface area contributed by atoms with E-state index in [2.05, 4.69) is 20.8 Å². The van der Waals surface area contributed by atoms with E-state index in [9.17, 15) is 0 Å². The van der Waals surface area contributed by atoms with Gasteiger partial charge in [-0.1, -0.05) is 17.7 Å². The van der Waals surface area contributed by atoms with Gasteiger partial charge >= 0.3 is 8.45 Å². The maximum atomic E-state index is 5.62. The predicted octanol–water partition coefficient (Wildman–Crippen LogP) is 4.29. The molecule has 1 unspecified atom stereocenters. The van der Waals surface area contributed by atoms with Crippen molar-refractivity contribution in [1.29, 1.82) is 0 Å². The SMILES string of the molecule is Cc1ccc(OP2N=PN=PN2)cc1. The van der Waals surface area contributed by atoms with Gasteiger partial charge in [0, 0.05) is 0 Å². The lowest BCUT2D eigenvalue weighted by atomic mass is 10.2. The monoisotopic (exact) mass is 243 g/mol. The van der Waals surface area contributed by atoms with Crippen molar-refractivity contribution in [1.82, 2.24) is 4.86 Å². The van der Waals surface area contributed by atoms with E-state index in [4.69, 9.17) is 4.52 Å². The molecule has 1 N–H and O–H groups in total. The first-order valence-corrected chi connectivity index (χ1v) is 6.81. The zero-order chi connectivity index (χ0) is 9.80. The zero-order valence-electron chi connectivity index (χ0n) is 7.45. The predicted molar refractivity (Wildman–Crippen MR) is 60.6 cm³/mol. The number of benzene rings is 1. The van der Waals surface area contributed by atoms with Crippen molar-refractivity contribution in [2.45, 2.75) is 6.92 Å². The molecule has 1 heterocycles. The van der Waals surface area contributed by atoms with Gasteiger partial charge in [0.1, 0.15) is 14.3 Å². The first-order valence-electron chi connectivity index (χ1n) is 3.96. The lowest BCUT2D eigenvalue weighted by Gasteiger charge is -2.12. The smallest absolute Gasteiger partial charge is 0.311 e. The second-order valence-corrected chi connectivity index (χ2v) is 5.98. The molecule has 0 spiro atoms. The Labute approximate surface area is 86.9 Å². The lowest BCUT2D eigenvalue weighted by Crippen LogP contribution is -1.95. The van der Waals surface area contributed by atoms with Gasteiger partial charge in [0.25, 0.3) is 0 Å². The maximum Gasteiger partial charge on any atom is 0.311 e. The van der Waals surface area contributed by atoms with Crippen molar-refractivity contribution >= 4 is 25.5 Å². The normalized spacial score (nSPS) is 21.9. The first kappa shape index (κ1) is 10.1. The second-order valence-electron chi connectivity index (χ2n) is 2.65. The molecule has 1 aromatic rings. The molecule has 0 fully saturated rings. The van der Waals surface area contributed by atoms with Gasteiger partial charge in [0.05, 0.1) is 0 Å². The molecule has 1 aromatic carbocycles. The van der Waals surface area contributed by atoms with Gasteiger partial charge in [0.2, 0.25) is 0 Å². The number of hydrogen-bond acceptors (Lipinski definition) is 4. The molecule has 4 nitrogen and oxygen atoms in total. The van der Waals surface area contributed by atoms with Crippen LogP contribution in [0.2, 0.25) is 0 Å². The second kappa shape index (κ2) is 4.91. The van der Waals surface area contributed by atoms with E-state index in [0.717, 1.165) is 22.8 Å². The summed E-state index contributed by atoms with van der Waals surface area (Å²) in [6.45, 7) is 2.05. The van der Waals surface area contributed by atoms with Crippen molar-refractivity contribution in [2.24, 2.45) is 9.03 Å². The molecule has 14 heavy (non-hydrogen) atoms. The summed E-state index contributed by atoms with van der Waals surface area (Å²) >= 11 is 0. The quantitative estimate of drug-likeness (QED) is 0.787. The van der Waals surface area contributed by atoms with Crippen molar-refractivity contribution in [3.63, 3.8) is 0 Å². The van der Waals surface area contributed by atoms with E-state index in [1.165, 1.54) is 5.56 Å². The van der Waals surface area contributed by atoms with Gasteiger partial charge in [-0.3, -0.25) is 0 Å². The van der Waals surface area contributed by atoms with Gasteiger partial charge in [-0.25, -0.2) is 0 Å². The van der Waals surface area contributed by atoms with Crippen LogP contribution in [-0.2, 0) is 0 Å². The van der Waals surface area contributed by atoms with Crippen LogP contribution < -0.4 is 9.38 Å². The molecule has 2 rings (SSSR count). The van der Waals surface area contributed by atoms with Crippen LogP contribution in [0.5, 0.6) is 5.75 Å². The van der Waals surface area contributed by atoms with E-state index in [0.29, 0.717) is 0 Å². The highest BCUT2D eigenvalue weighted by atomic mass is 31.2. The molecule has 0 amide bonds. The summed E-state index contributed by atoms with van der Waals surface area (Å²) in [5, 5.41) is 0. The van der Waals surface area contributed by atoms with Gasteiger partial charge in [0.15, 0.2) is 8.52 Å². The third kappa shape index (κ3) is 2.80. The molecule has 0 aliphatic carbocycles. The molecule has 7 heteroatoms. The van der Waals surface area contributed by atoms with Crippen LogP contribution in [0.1, 0.15) is 5.56 Å². The van der Waals surface area contributed by atoms with Gasteiger partial charge in [-0.15, -0.1) is 0 Å². The van der Waals surface area contributed by atoms with E-state index >= 15 is 0 Å². The number of hydrogen-bond donors (Lipinski definition) is 1. The van der Waals surface area contributed by atoms with E-state index in [1.807, 2.05) is 24.3 Å². The Kier molecular flexibility index (Phi) is 3.55. The summed E-state index contributed by atoms with van der Waals surface area (Å²) in [6.07, 6.45) is 0. The van der Waals surface area contributed by atoms with E-state index in [1.54, 1.807) is 0 Å². The third-order valence-corrected chi connectivity index (χ3v) is 4.62. The van der Waals surface area contributed by atoms with Crippen LogP contribution in [0.25, 0.3) is 0 Å². The van der Waals surface area contributed by atoms with Gasteiger partial charge in [-0.05, 0) is 19.1 Å². The molecule has 1 aliphatic rings. The highest BCUT2D eigenvalue weighted by Crippen LogP contribution is 2.44. The van der Waals surface area contributed by atoms with Crippen molar-refractivity contribution in [3.8, 4) is 5.75 Å². The van der Waals surface area contributed by atoms with Crippen LogP contribution in [0, 0.1) is 6.92 Å². The Morgan fingerprint density at radius 2 is 2.14 bits per heavy atom. The first-order chi connectivity index (χ1) is 6.84. The molecule has 0 radical (unpaired) electrons. The minimum absolute atomic E-state index is 0.757. The largest absolute Gasteiger partial charge is 0.439 e. The number of nitrogens with zero attached hydrogens (tertiary/aromatic N) is 2. The molecule has 0 saturated heterocycles. The third-order valence-electron chi connectivity index (χ3n) is 1.55. The topological polar surface area (TPSA) is 46.0 Å². The zero-order valence-corrected chi connectivity index (χ0v) is 10.1. The van der Waals surface area contributed by atoms with Crippen LogP contribution >= 0.6 is 25.5 Å². The molecule has 1 aliphatic heterocycles. The highest BCUT2D eigenvalue weighted by molar-refractivity contribution is 7.64. The Morgan fingerprint density at radius 1 is 1.36 bits per heavy atom. The average Bonchev–Trinajstić information content (AvgIpc) is 2.23. The number of nitrogens with one attached hydrogen (secondary N) is 1. The standard InChI is InChI=1S/C7H8N3OP3/c1-6-2-4-7(5-3-6)11-14-9-12-8-13-10-14/h2-5H,1H3,(H,8,9,10). The van der Waals surface area contributed by atoms with Gasteiger partial charge < -0.3 is 4.52 Å². The minimum Gasteiger partial charge on any atom is -0.439 e.